The topological polar surface area (TPSA) is 60.2 Å². The molecule has 1 aromatic carbocycles. The molecule has 0 aliphatic rings. The largest absolute Gasteiger partial charge is 0.476 e. The zero-order chi connectivity index (χ0) is 14.5. The van der Waals surface area contributed by atoms with Gasteiger partial charge in [0.15, 0.2) is 0 Å². The fourth-order valence-corrected chi connectivity index (χ4v) is 1.79. The first-order chi connectivity index (χ1) is 9.54. The summed E-state index contributed by atoms with van der Waals surface area (Å²) >= 11 is 5.95. The summed E-state index contributed by atoms with van der Waals surface area (Å²) in [6.45, 7) is 4.73. The van der Waals surface area contributed by atoms with Crippen LogP contribution in [-0.4, -0.2) is 11.6 Å². The van der Waals surface area contributed by atoms with E-state index >= 15 is 0 Å². The smallest absolute Gasteiger partial charge is 0.239 e. The molecule has 0 unspecified atom stereocenters. The molecule has 0 bridgehead atoms. The molecule has 0 fully saturated rings. The number of rotatable bonds is 5. The van der Waals surface area contributed by atoms with E-state index < -0.39 is 0 Å². The number of benzene rings is 1. The predicted octanol–water partition coefficient (Wildman–Crippen LogP) is 4.10. The summed E-state index contributed by atoms with van der Waals surface area (Å²) in [4.78, 5) is 4.37. The van der Waals surface area contributed by atoms with Crippen LogP contribution in [0.1, 0.15) is 13.8 Å². The molecule has 0 aliphatic carbocycles. The highest BCUT2D eigenvalue weighted by atomic mass is 35.5. The summed E-state index contributed by atoms with van der Waals surface area (Å²) < 4.78 is 5.60. The van der Waals surface area contributed by atoms with Crippen molar-refractivity contribution in [2.75, 3.05) is 17.7 Å². The van der Waals surface area contributed by atoms with Crippen LogP contribution in [0.4, 0.5) is 17.2 Å². The molecule has 0 atom stereocenters. The Morgan fingerprint density at radius 2 is 2.10 bits per heavy atom. The van der Waals surface area contributed by atoms with Crippen molar-refractivity contribution < 1.29 is 4.74 Å². The van der Waals surface area contributed by atoms with Crippen LogP contribution in [0.15, 0.2) is 36.4 Å². The highest BCUT2D eigenvalue weighted by molar-refractivity contribution is 6.30. The van der Waals surface area contributed by atoms with Crippen LogP contribution in [0.3, 0.4) is 0 Å². The van der Waals surface area contributed by atoms with Crippen LogP contribution in [0.25, 0.3) is 0 Å². The van der Waals surface area contributed by atoms with Crippen LogP contribution in [-0.2, 0) is 0 Å². The molecule has 2 aromatic rings. The van der Waals surface area contributed by atoms with Gasteiger partial charge in [-0.1, -0.05) is 31.5 Å². The van der Waals surface area contributed by atoms with Gasteiger partial charge in [-0.2, -0.15) is 4.98 Å². The lowest BCUT2D eigenvalue weighted by molar-refractivity contribution is 0.263. The number of nitrogens with one attached hydrogen (secondary N) is 1. The van der Waals surface area contributed by atoms with E-state index in [4.69, 9.17) is 22.1 Å². The number of aromatic nitrogens is 1. The normalized spacial score (nSPS) is 10.6. The highest BCUT2D eigenvalue weighted by Gasteiger charge is 2.06. The molecule has 2 rings (SSSR count). The van der Waals surface area contributed by atoms with Gasteiger partial charge in [-0.15, -0.1) is 0 Å². The van der Waals surface area contributed by atoms with Crippen molar-refractivity contribution in [2.45, 2.75) is 13.8 Å². The zero-order valence-electron chi connectivity index (χ0n) is 11.6. The lowest BCUT2D eigenvalue weighted by atomic mass is 10.2. The van der Waals surface area contributed by atoms with Crippen LogP contribution in [0.2, 0.25) is 5.02 Å². The first-order valence-electron chi connectivity index (χ1n) is 6.46. The van der Waals surface area contributed by atoms with E-state index in [9.17, 15) is 0 Å². The van der Waals surface area contributed by atoms with Crippen molar-refractivity contribution in [3.63, 3.8) is 0 Å². The molecule has 20 heavy (non-hydrogen) atoms. The number of ether oxygens (including phenoxy) is 1. The number of nitrogen functional groups attached to an aromatic ring is 1. The molecule has 0 saturated heterocycles. The quantitative estimate of drug-likeness (QED) is 0.871. The Kier molecular flexibility index (Phi) is 4.69. The first kappa shape index (κ1) is 14.5. The average molecular weight is 292 g/mol. The maximum Gasteiger partial charge on any atom is 0.239 e. The van der Waals surface area contributed by atoms with Gasteiger partial charge in [0.25, 0.3) is 0 Å². The summed E-state index contributed by atoms with van der Waals surface area (Å²) in [7, 11) is 0. The standard InChI is InChI=1S/C15H18ClN3O/c1-10(2)9-20-15-13(17)6-7-14(19-15)18-12-5-3-4-11(16)8-12/h3-8,10H,9,17H2,1-2H3,(H,18,19). The monoisotopic (exact) mass is 291 g/mol. The Balaban J connectivity index is 2.14. The number of nitrogens with zero attached hydrogens (tertiary/aromatic N) is 1. The van der Waals surface area contributed by atoms with E-state index in [-0.39, 0.29) is 0 Å². The van der Waals surface area contributed by atoms with Crippen LogP contribution in [0, 0.1) is 5.92 Å². The fourth-order valence-electron chi connectivity index (χ4n) is 1.60. The highest BCUT2D eigenvalue weighted by Crippen LogP contribution is 2.24. The second-order valence-electron chi connectivity index (χ2n) is 4.93. The Bertz CT molecular complexity index is 587. The lowest BCUT2D eigenvalue weighted by Gasteiger charge is -2.12. The van der Waals surface area contributed by atoms with Crippen LogP contribution >= 0.6 is 11.6 Å². The van der Waals surface area contributed by atoms with Gasteiger partial charge in [0.1, 0.15) is 5.82 Å². The third-order valence-corrected chi connectivity index (χ3v) is 2.78. The van der Waals surface area contributed by atoms with Gasteiger partial charge in [-0.05, 0) is 36.2 Å². The van der Waals surface area contributed by atoms with Crippen LogP contribution in [0.5, 0.6) is 5.88 Å². The summed E-state index contributed by atoms with van der Waals surface area (Å²) in [5.41, 5.74) is 7.25. The minimum Gasteiger partial charge on any atom is -0.476 e. The van der Waals surface area contributed by atoms with Crippen LogP contribution < -0.4 is 15.8 Å². The molecule has 0 spiro atoms. The fraction of sp³-hybridized carbons (Fsp3) is 0.267. The van der Waals surface area contributed by atoms with E-state index in [2.05, 4.69) is 24.1 Å². The molecule has 0 amide bonds. The number of pyridine rings is 1. The summed E-state index contributed by atoms with van der Waals surface area (Å²) in [5, 5.41) is 3.84. The minimum atomic E-state index is 0.417. The summed E-state index contributed by atoms with van der Waals surface area (Å²) in [6.07, 6.45) is 0. The number of hydrogen-bond acceptors (Lipinski definition) is 4. The van der Waals surface area contributed by atoms with Crippen molar-refractivity contribution in [1.29, 1.82) is 0 Å². The third kappa shape index (κ3) is 4.03. The Hall–Kier alpha value is -1.94. The van der Waals surface area contributed by atoms with Gasteiger partial charge < -0.3 is 15.8 Å². The number of anilines is 3. The van der Waals surface area contributed by atoms with Gasteiger partial charge in [0, 0.05) is 10.7 Å². The lowest BCUT2D eigenvalue weighted by Crippen LogP contribution is -2.08. The molecule has 5 heteroatoms. The first-order valence-corrected chi connectivity index (χ1v) is 6.84. The van der Waals surface area contributed by atoms with Crippen molar-refractivity contribution >= 4 is 28.8 Å². The molecule has 4 nitrogen and oxygen atoms in total. The molecule has 1 heterocycles. The predicted molar refractivity (Wildman–Crippen MR) is 83.7 cm³/mol. The van der Waals surface area contributed by atoms with Gasteiger partial charge in [-0.3, -0.25) is 0 Å². The Morgan fingerprint density at radius 3 is 2.80 bits per heavy atom. The van der Waals surface area contributed by atoms with Crippen molar-refractivity contribution in [3.8, 4) is 5.88 Å². The second-order valence-corrected chi connectivity index (χ2v) is 5.37. The molecule has 0 radical (unpaired) electrons. The molecule has 106 valence electrons. The van der Waals surface area contributed by atoms with Crippen molar-refractivity contribution in [2.24, 2.45) is 5.92 Å². The molecular formula is C15H18ClN3O. The Morgan fingerprint density at radius 1 is 1.30 bits per heavy atom. The maximum atomic E-state index is 5.95. The van der Waals surface area contributed by atoms with E-state index in [1.54, 1.807) is 12.1 Å². The summed E-state index contributed by atoms with van der Waals surface area (Å²) in [5.74, 6) is 1.53. The number of nitrogens with two attached hydrogens (primary N) is 1. The summed E-state index contributed by atoms with van der Waals surface area (Å²) in [6, 6.07) is 11.0. The SMILES string of the molecule is CC(C)COc1nc(Nc2cccc(Cl)c2)ccc1N. The van der Waals surface area contributed by atoms with Gasteiger partial charge in [0.2, 0.25) is 5.88 Å². The number of halogens is 1. The van der Waals surface area contributed by atoms with Gasteiger partial charge >= 0.3 is 0 Å². The second kappa shape index (κ2) is 6.48. The van der Waals surface area contributed by atoms with Gasteiger partial charge in [-0.25, -0.2) is 0 Å². The maximum absolute atomic E-state index is 5.95. The van der Waals surface area contributed by atoms with E-state index in [1.807, 2.05) is 24.3 Å². The van der Waals surface area contributed by atoms with E-state index in [0.29, 0.717) is 34.9 Å². The van der Waals surface area contributed by atoms with Crippen molar-refractivity contribution in [1.82, 2.24) is 4.98 Å². The third-order valence-electron chi connectivity index (χ3n) is 2.54. The van der Waals surface area contributed by atoms with Gasteiger partial charge in [0.05, 0.1) is 12.3 Å². The molecule has 0 saturated carbocycles. The molecule has 3 N–H and O–H groups in total. The zero-order valence-corrected chi connectivity index (χ0v) is 12.3. The molecule has 0 aliphatic heterocycles. The molecule has 1 aromatic heterocycles. The Labute approximate surface area is 123 Å². The average Bonchev–Trinajstić information content (AvgIpc) is 2.39. The van der Waals surface area contributed by atoms with E-state index in [0.717, 1.165) is 5.69 Å². The van der Waals surface area contributed by atoms with Crippen molar-refractivity contribution in [3.05, 3.63) is 41.4 Å². The number of hydrogen-bond donors (Lipinski definition) is 2. The minimum absolute atomic E-state index is 0.417. The van der Waals surface area contributed by atoms with E-state index in [1.165, 1.54) is 0 Å². The molecular weight excluding hydrogens is 274 g/mol.